The van der Waals surface area contributed by atoms with Crippen LogP contribution in [0.25, 0.3) is 11.1 Å². The molecule has 1 N–H and O–H groups in total. The van der Waals surface area contributed by atoms with Crippen molar-refractivity contribution >= 4 is 22.9 Å². The first-order valence-electron chi connectivity index (χ1n) is 7.57. The molecule has 1 fully saturated rings. The van der Waals surface area contributed by atoms with Gasteiger partial charge in [-0.05, 0) is 6.92 Å². The number of carbonyl (C=O) groups excluding carboxylic acids is 2. The van der Waals surface area contributed by atoms with E-state index in [9.17, 15) is 14.4 Å². The number of aryl methyl sites for hydroxylation is 2. The van der Waals surface area contributed by atoms with Crippen LogP contribution in [-0.2, 0) is 16.6 Å². The summed E-state index contributed by atoms with van der Waals surface area (Å²) in [5.41, 5.74) is -0.143. The third-order valence-electron chi connectivity index (χ3n) is 3.94. The second-order valence-electron chi connectivity index (χ2n) is 5.55. The molecule has 128 valence electrons. The molecule has 9 heteroatoms. The summed E-state index contributed by atoms with van der Waals surface area (Å²) < 4.78 is 11.8. The number of ether oxygens (including phenoxy) is 1. The van der Waals surface area contributed by atoms with Gasteiger partial charge in [0.1, 0.15) is 17.5 Å². The third-order valence-corrected chi connectivity index (χ3v) is 3.94. The number of nitrogens with zero attached hydrogens (tertiary/aromatic N) is 3. The lowest BCUT2D eigenvalue weighted by Crippen LogP contribution is -2.45. The number of fused-ring (bicyclic) bond motifs is 1. The predicted octanol–water partition coefficient (Wildman–Crippen LogP) is -0.576. The van der Waals surface area contributed by atoms with Crippen LogP contribution in [0.4, 0.5) is 0 Å². The van der Waals surface area contributed by atoms with Crippen LogP contribution in [0.15, 0.2) is 15.5 Å². The van der Waals surface area contributed by atoms with E-state index in [2.05, 4.69) is 10.3 Å². The molecule has 2 aromatic heterocycles. The average Bonchev–Trinajstić information content (AvgIpc) is 2.93. The van der Waals surface area contributed by atoms with E-state index in [4.69, 9.17) is 9.15 Å². The minimum absolute atomic E-state index is 0.111. The summed E-state index contributed by atoms with van der Waals surface area (Å²) in [6.45, 7) is 3.44. The Morgan fingerprint density at radius 1 is 1.33 bits per heavy atom. The fourth-order valence-corrected chi connectivity index (χ4v) is 2.63. The molecule has 0 atom stereocenters. The molecule has 1 saturated heterocycles. The number of amides is 2. The normalized spacial score (nSPS) is 14.8. The molecule has 2 aromatic rings. The minimum Gasteiger partial charge on any atom is -0.442 e. The molecule has 24 heavy (non-hydrogen) atoms. The summed E-state index contributed by atoms with van der Waals surface area (Å²) in [4.78, 5) is 42.4. The van der Waals surface area contributed by atoms with Gasteiger partial charge in [-0.25, -0.2) is 4.98 Å². The maximum absolute atomic E-state index is 12.4. The first-order valence-corrected chi connectivity index (χ1v) is 7.57. The highest BCUT2D eigenvalue weighted by Gasteiger charge is 2.24. The quantitative estimate of drug-likeness (QED) is 0.805. The first-order chi connectivity index (χ1) is 11.5. The number of rotatable bonds is 3. The van der Waals surface area contributed by atoms with Gasteiger partial charge in [0.15, 0.2) is 0 Å². The Kier molecular flexibility index (Phi) is 4.34. The van der Waals surface area contributed by atoms with Crippen molar-refractivity contribution in [1.82, 2.24) is 19.8 Å². The van der Waals surface area contributed by atoms with Crippen LogP contribution >= 0.6 is 0 Å². The van der Waals surface area contributed by atoms with Crippen LogP contribution in [0.3, 0.4) is 0 Å². The van der Waals surface area contributed by atoms with Crippen molar-refractivity contribution < 1.29 is 18.7 Å². The van der Waals surface area contributed by atoms with Crippen molar-refractivity contribution in [2.45, 2.75) is 6.92 Å². The van der Waals surface area contributed by atoms with Gasteiger partial charge in [-0.2, -0.15) is 0 Å². The van der Waals surface area contributed by atoms with Crippen LogP contribution in [0.5, 0.6) is 0 Å². The zero-order chi connectivity index (χ0) is 17.3. The zero-order valence-corrected chi connectivity index (χ0v) is 13.5. The van der Waals surface area contributed by atoms with E-state index < -0.39 is 5.91 Å². The Hall–Kier alpha value is -2.68. The second-order valence-corrected chi connectivity index (χ2v) is 5.55. The van der Waals surface area contributed by atoms with Gasteiger partial charge in [-0.15, -0.1) is 0 Å². The standard InChI is InChI=1S/C15H18N4O5/c1-9-11(12-14(24-9)17-8-18(2)15(12)22)13(21)16-7-10(20)19-3-5-23-6-4-19/h8H,3-7H2,1-2H3,(H,16,21). The fraction of sp³-hybridized carbons (Fsp3) is 0.467. The third kappa shape index (κ3) is 2.90. The Balaban J connectivity index is 1.79. The lowest BCUT2D eigenvalue weighted by molar-refractivity contribution is -0.134. The van der Waals surface area contributed by atoms with Crippen LogP contribution in [-0.4, -0.2) is 59.1 Å². The number of hydrogen-bond donors (Lipinski definition) is 1. The topological polar surface area (TPSA) is 107 Å². The summed E-state index contributed by atoms with van der Waals surface area (Å²) in [5, 5.41) is 2.67. The summed E-state index contributed by atoms with van der Waals surface area (Å²) in [7, 11) is 1.54. The molecular weight excluding hydrogens is 316 g/mol. The first kappa shape index (κ1) is 16.2. The Labute approximate surface area is 137 Å². The fourth-order valence-electron chi connectivity index (χ4n) is 2.63. The van der Waals surface area contributed by atoms with Crippen molar-refractivity contribution in [2.24, 2.45) is 7.05 Å². The van der Waals surface area contributed by atoms with E-state index in [0.717, 1.165) is 0 Å². The maximum Gasteiger partial charge on any atom is 0.265 e. The molecule has 0 saturated carbocycles. The largest absolute Gasteiger partial charge is 0.442 e. The predicted molar refractivity (Wildman–Crippen MR) is 83.7 cm³/mol. The van der Waals surface area contributed by atoms with E-state index in [1.54, 1.807) is 18.9 Å². The van der Waals surface area contributed by atoms with Gasteiger partial charge in [0.2, 0.25) is 11.6 Å². The number of furan rings is 1. The van der Waals surface area contributed by atoms with Gasteiger partial charge in [-0.1, -0.05) is 0 Å². The van der Waals surface area contributed by atoms with Crippen molar-refractivity contribution in [3.8, 4) is 0 Å². The Bertz CT molecular complexity index is 847. The number of aromatic nitrogens is 2. The lowest BCUT2D eigenvalue weighted by Gasteiger charge is -2.26. The highest BCUT2D eigenvalue weighted by Crippen LogP contribution is 2.20. The van der Waals surface area contributed by atoms with Crippen molar-refractivity contribution in [3.05, 3.63) is 28.0 Å². The van der Waals surface area contributed by atoms with Crippen LogP contribution in [0, 0.1) is 6.92 Å². The average molecular weight is 334 g/mol. The Morgan fingerprint density at radius 3 is 2.75 bits per heavy atom. The number of morpholine rings is 1. The molecule has 9 nitrogen and oxygen atoms in total. The van der Waals surface area contributed by atoms with Crippen molar-refractivity contribution in [2.75, 3.05) is 32.8 Å². The summed E-state index contributed by atoms with van der Waals surface area (Å²) >= 11 is 0. The number of carbonyl (C=O) groups is 2. The van der Waals surface area contributed by atoms with Gasteiger partial charge in [0.25, 0.3) is 11.5 Å². The maximum atomic E-state index is 12.4. The molecular formula is C15H18N4O5. The molecule has 0 radical (unpaired) electrons. The SMILES string of the molecule is Cc1oc2ncn(C)c(=O)c2c1C(=O)NCC(=O)N1CCOCC1. The zero-order valence-electron chi connectivity index (χ0n) is 13.5. The minimum atomic E-state index is -0.530. The van der Waals surface area contributed by atoms with E-state index in [-0.39, 0.29) is 40.4 Å². The van der Waals surface area contributed by atoms with Gasteiger partial charge in [0, 0.05) is 20.1 Å². The summed E-state index contributed by atoms with van der Waals surface area (Å²) in [6.07, 6.45) is 1.33. The molecule has 1 aliphatic heterocycles. The van der Waals surface area contributed by atoms with Crippen molar-refractivity contribution in [1.29, 1.82) is 0 Å². The monoisotopic (exact) mass is 334 g/mol. The number of nitrogens with one attached hydrogen (secondary N) is 1. The van der Waals surface area contributed by atoms with Gasteiger partial charge in [-0.3, -0.25) is 14.4 Å². The van der Waals surface area contributed by atoms with E-state index >= 15 is 0 Å². The molecule has 0 spiro atoms. The van der Waals surface area contributed by atoms with Crippen LogP contribution in [0.1, 0.15) is 16.1 Å². The van der Waals surface area contributed by atoms with Gasteiger partial charge in [0.05, 0.1) is 25.3 Å². The summed E-state index contributed by atoms with van der Waals surface area (Å²) in [6, 6.07) is 0. The molecule has 1 aliphatic rings. The van der Waals surface area contributed by atoms with E-state index in [0.29, 0.717) is 26.3 Å². The van der Waals surface area contributed by atoms with E-state index in [1.165, 1.54) is 10.9 Å². The molecule has 0 unspecified atom stereocenters. The molecule has 0 aliphatic carbocycles. The highest BCUT2D eigenvalue weighted by molar-refractivity contribution is 6.07. The second kappa shape index (κ2) is 6.44. The molecule has 0 bridgehead atoms. The Morgan fingerprint density at radius 2 is 2.04 bits per heavy atom. The van der Waals surface area contributed by atoms with Crippen molar-refractivity contribution in [3.63, 3.8) is 0 Å². The van der Waals surface area contributed by atoms with E-state index in [1.807, 2.05) is 0 Å². The molecule has 3 heterocycles. The van der Waals surface area contributed by atoms with Crippen LogP contribution in [0.2, 0.25) is 0 Å². The highest BCUT2D eigenvalue weighted by atomic mass is 16.5. The smallest absolute Gasteiger partial charge is 0.265 e. The molecule has 2 amide bonds. The lowest BCUT2D eigenvalue weighted by atomic mass is 10.2. The summed E-state index contributed by atoms with van der Waals surface area (Å²) in [5.74, 6) is -0.432. The molecule has 3 rings (SSSR count). The number of hydrogen-bond acceptors (Lipinski definition) is 6. The van der Waals surface area contributed by atoms with Gasteiger partial charge < -0.3 is 23.9 Å². The van der Waals surface area contributed by atoms with Gasteiger partial charge >= 0.3 is 0 Å². The van der Waals surface area contributed by atoms with Crippen LogP contribution < -0.4 is 10.9 Å². The molecule has 0 aromatic carbocycles.